The molecule has 0 aliphatic heterocycles. The van der Waals surface area contributed by atoms with Gasteiger partial charge < -0.3 is 0 Å². The molecule has 4 heteroatoms. The lowest BCUT2D eigenvalue weighted by atomic mass is 9.96. The summed E-state index contributed by atoms with van der Waals surface area (Å²) in [6, 6.07) is 62.2. The first kappa shape index (κ1) is 29.4. The molecule has 0 saturated heterocycles. The Morgan fingerprint density at radius 1 is 0.314 bits per heavy atom. The molecule has 2 heterocycles. The molecule has 3 nitrogen and oxygen atoms in total. The zero-order valence-corrected chi connectivity index (χ0v) is 28.3. The molecule has 0 atom stereocenters. The average molecular weight is 668 g/mol. The van der Waals surface area contributed by atoms with E-state index in [1.165, 1.54) is 42.1 Å². The van der Waals surface area contributed by atoms with Gasteiger partial charge in [-0.2, -0.15) is 0 Å². The predicted molar refractivity (Wildman–Crippen MR) is 215 cm³/mol. The van der Waals surface area contributed by atoms with Crippen LogP contribution in [0.4, 0.5) is 0 Å². The topological polar surface area (TPSA) is 38.7 Å². The van der Waals surface area contributed by atoms with Crippen LogP contribution in [0.15, 0.2) is 176 Å². The smallest absolute Gasteiger partial charge is 0.164 e. The molecular weight excluding hydrogens is 639 g/mol. The summed E-state index contributed by atoms with van der Waals surface area (Å²) in [5.41, 5.74) is 7.59. The molecule has 0 N–H and O–H groups in total. The van der Waals surface area contributed by atoms with E-state index in [-0.39, 0.29) is 0 Å². The van der Waals surface area contributed by atoms with E-state index >= 15 is 0 Å². The third kappa shape index (κ3) is 5.25. The van der Waals surface area contributed by atoms with Crippen molar-refractivity contribution in [1.29, 1.82) is 0 Å². The van der Waals surface area contributed by atoms with E-state index in [4.69, 9.17) is 15.0 Å². The minimum Gasteiger partial charge on any atom is -0.208 e. The second-order valence-corrected chi connectivity index (χ2v) is 13.9. The average Bonchev–Trinajstić information content (AvgIpc) is 3.59. The van der Waals surface area contributed by atoms with Crippen LogP contribution in [0.25, 0.3) is 98.1 Å². The van der Waals surface area contributed by atoms with Crippen LogP contribution in [0.3, 0.4) is 0 Å². The van der Waals surface area contributed by atoms with Gasteiger partial charge in [-0.25, -0.2) is 15.0 Å². The minimum absolute atomic E-state index is 0.647. The largest absolute Gasteiger partial charge is 0.208 e. The molecular formula is C47H29N3S. The standard InChI is InChI=1S/C47H29N3S/c1-2-10-30(11-3-1)32-20-24-34(25-21-32)45-48-46(50-47(49-45)40-17-9-19-43-44(40)39-15-6-7-18-42(39)51-43)38-16-8-14-33-23-27-37(29-41(33)38)36-26-22-31-12-4-5-13-35(31)28-36/h1-29H. The Morgan fingerprint density at radius 2 is 0.882 bits per heavy atom. The van der Waals surface area contributed by atoms with Gasteiger partial charge in [0.15, 0.2) is 17.5 Å². The molecule has 0 amide bonds. The number of benzene rings is 8. The van der Waals surface area contributed by atoms with Gasteiger partial charge in [0.1, 0.15) is 0 Å². The fourth-order valence-electron chi connectivity index (χ4n) is 7.17. The maximum absolute atomic E-state index is 5.28. The van der Waals surface area contributed by atoms with Gasteiger partial charge in [0.25, 0.3) is 0 Å². The molecule has 51 heavy (non-hydrogen) atoms. The van der Waals surface area contributed by atoms with Crippen molar-refractivity contribution in [3.63, 3.8) is 0 Å². The Kier molecular flexibility index (Phi) is 7.00. The third-order valence-corrected chi connectivity index (χ3v) is 10.9. The Hall–Kier alpha value is -6.49. The normalized spacial score (nSPS) is 11.5. The molecule has 238 valence electrons. The zero-order valence-electron chi connectivity index (χ0n) is 27.5. The number of thiophene rings is 1. The number of hydrogen-bond acceptors (Lipinski definition) is 4. The third-order valence-electron chi connectivity index (χ3n) is 9.73. The molecule has 0 unspecified atom stereocenters. The van der Waals surface area contributed by atoms with Gasteiger partial charge in [0.05, 0.1) is 0 Å². The summed E-state index contributed by atoms with van der Waals surface area (Å²) in [5.74, 6) is 1.97. The monoisotopic (exact) mass is 667 g/mol. The summed E-state index contributed by atoms with van der Waals surface area (Å²) in [5, 5.41) is 7.09. The molecule has 0 aliphatic carbocycles. The first-order chi connectivity index (χ1) is 25.2. The lowest BCUT2D eigenvalue weighted by molar-refractivity contribution is 1.08. The molecule has 0 spiro atoms. The SMILES string of the molecule is c1ccc(-c2ccc(-c3nc(-c4cccc5ccc(-c6ccc7ccccc7c6)cc45)nc(-c4cccc5sc6ccccc6c45)n3)cc2)cc1. The summed E-state index contributed by atoms with van der Waals surface area (Å²) in [4.78, 5) is 15.7. The van der Waals surface area contributed by atoms with Gasteiger partial charge in [-0.1, -0.05) is 152 Å². The van der Waals surface area contributed by atoms with Crippen molar-refractivity contribution in [2.75, 3.05) is 0 Å². The number of rotatable bonds is 5. The molecule has 0 aliphatic rings. The Balaban J connectivity index is 1.18. The highest BCUT2D eigenvalue weighted by molar-refractivity contribution is 7.25. The first-order valence-electron chi connectivity index (χ1n) is 17.1. The number of hydrogen-bond donors (Lipinski definition) is 0. The van der Waals surface area contributed by atoms with Crippen molar-refractivity contribution in [1.82, 2.24) is 15.0 Å². The highest BCUT2D eigenvalue weighted by atomic mass is 32.1. The molecule has 10 rings (SSSR count). The molecule has 2 aromatic heterocycles. The van der Waals surface area contributed by atoms with E-state index in [2.05, 4.69) is 170 Å². The van der Waals surface area contributed by atoms with Crippen molar-refractivity contribution in [2.45, 2.75) is 0 Å². The minimum atomic E-state index is 0.647. The highest BCUT2D eigenvalue weighted by Gasteiger charge is 2.18. The van der Waals surface area contributed by atoms with Gasteiger partial charge in [0.2, 0.25) is 0 Å². The van der Waals surface area contributed by atoms with E-state index < -0.39 is 0 Å². The van der Waals surface area contributed by atoms with Crippen molar-refractivity contribution in [3.8, 4) is 56.4 Å². The van der Waals surface area contributed by atoms with Crippen LogP contribution < -0.4 is 0 Å². The van der Waals surface area contributed by atoms with Crippen molar-refractivity contribution < 1.29 is 0 Å². The fourth-order valence-corrected chi connectivity index (χ4v) is 8.30. The molecule has 8 aromatic carbocycles. The fraction of sp³-hybridized carbons (Fsp3) is 0. The predicted octanol–water partition coefficient (Wildman–Crippen LogP) is 12.9. The molecule has 0 saturated carbocycles. The summed E-state index contributed by atoms with van der Waals surface area (Å²) < 4.78 is 2.47. The number of aromatic nitrogens is 3. The second-order valence-electron chi connectivity index (χ2n) is 12.8. The van der Waals surface area contributed by atoms with Crippen LogP contribution in [0.1, 0.15) is 0 Å². The highest BCUT2D eigenvalue weighted by Crippen LogP contribution is 2.40. The van der Waals surface area contributed by atoms with Crippen molar-refractivity contribution in [3.05, 3.63) is 176 Å². The van der Waals surface area contributed by atoms with Gasteiger partial charge in [-0.3, -0.25) is 0 Å². The van der Waals surface area contributed by atoms with E-state index in [1.807, 2.05) is 6.07 Å². The van der Waals surface area contributed by atoms with Crippen LogP contribution in [0.2, 0.25) is 0 Å². The van der Waals surface area contributed by atoms with E-state index in [9.17, 15) is 0 Å². The maximum atomic E-state index is 5.28. The summed E-state index contributed by atoms with van der Waals surface area (Å²) in [7, 11) is 0. The Morgan fingerprint density at radius 3 is 1.75 bits per heavy atom. The number of fused-ring (bicyclic) bond motifs is 5. The van der Waals surface area contributed by atoms with Crippen LogP contribution in [-0.4, -0.2) is 15.0 Å². The van der Waals surface area contributed by atoms with E-state index in [0.29, 0.717) is 17.5 Å². The van der Waals surface area contributed by atoms with Crippen LogP contribution in [0.5, 0.6) is 0 Å². The van der Waals surface area contributed by atoms with Gasteiger partial charge in [0, 0.05) is 36.9 Å². The summed E-state index contributed by atoms with van der Waals surface area (Å²) in [6.45, 7) is 0. The lowest BCUT2D eigenvalue weighted by Crippen LogP contribution is -2.01. The molecule has 0 radical (unpaired) electrons. The van der Waals surface area contributed by atoms with Gasteiger partial charge >= 0.3 is 0 Å². The Labute approximate surface area is 299 Å². The maximum Gasteiger partial charge on any atom is 0.164 e. The number of nitrogens with zero attached hydrogens (tertiary/aromatic N) is 3. The summed E-state index contributed by atoms with van der Waals surface area (Å²) in [6.07, 6.45) is 0. The van der Waals surface area contributed by atoms with E-state index in [1.54, 1.807) is 11.3 Å². The zero-order chi connectivity index (χ0) is 33.7. The van der Waals surface area contributed by atoms with Gasteiger partial charge in [-0.15, -0.1) is 11.3 Å². The van der Waals surface area contributed by atoms with E-state index in [0.717, 1.165) is 38.6 Å². The quantitative estimate of drug-likeness (QED) is 0.183. The Bertz CT molecular complexity index is 2910. The lowest BCUT2D eigenvalue weighted by Gasteiger charge is -2.12. The molecule has 0 bridgehead atoms. The van der Waals surface area contributed by atoms with Crippen molar-refractivity contribution >= 4 is 53.1 Å². The van der Waals surface area contributed by atoms with Crippen LogP contribution in [0, 0.1) is 0 Å². The second kappa shape index (κ2) is 12.1. The van der Waals surface area contributed by atoms with Gasteiger partial charge in [-0.05, 0) is 68.1 Å². The van der Waals surface area contributed by atoms with Crippen LogP contribution >= 0.6 is 11.3 Å². The first-order valence-corrected chi connectivity index (χ1v) is 17.9. The van der Waals surface area contributed by atoms with Crippen LogP contribution in [-0.2, 0) is 0 Å². The summed E-state index contributed by atoms with van der Waals surface area (Å²) >= 11 is 1.80. The molecule has 10 aromatic rings. The van der Waals surface area contributed by atoms with Crippen molar-refractivity contribution in [2.24, 2.45) is 0 Å². The molecule has 0 fully saturated rings.